The van der Waals surface area contributed by atoms with Crippen LogP contribution in [0.1, 0.15) is 0 Å². The third-order valence-electron chi connectivity index (χ3n) is 2.13. The summed E-state index contributed by atoms with van der Waals surface area (Å²) in [5, 5.41) is 7.19. The number of primary sulfonamides is 1. The van der Waals surface area contributed by atoms with E-state index in [2.05, 4.69) is 0 Å². The number of fused-ring (bicyclic) bond motifs is 1. The Bertz CT molecular complexity index is 622. The van der Waals surface area contributed by atoms with Gasteiger partial charge in [0.15, 0.2) is 0 Å². The minimum Gasteiger partial charge on any atom is -0.225 e. The van der Waals surface area contributed by atoms with Gasteiger partial charge in [-0.15, -0.1) is 0 Å². The van der Waals surface area contributed by atoms with Gasteiger partial charge in [-0.3, -0.25) is 0 Å². The van der Waals surface area contributed by atoms with E-state index in [1.54, 1.807) is 24.3 Å². The Kier molecular flexibility index (Phi) is 2.42. The minimum absolute atomic E-state index is 0.0947. The molecule has 2 aromatic rings. The summed E-state index contributed by atoms with van der Waals surface area (Å²) in [4.78, 5) is 0.0947. The summed E-state index contributed by atoms with van der Waals surface area (Å²) in [6, 6.07) is 9.91. The summed E-state index contributed by atoms with van der Waals surface area (Å²) in [6.45, 7) is 0. The van der Waals surface area contributed by atoms with Crippen molar-refractivity contribution in [2.75, 3.05) is 0 Å². The number of halogens is 1. The van der Waals surface area contributed by atoms with Crippen LogP contribution < -0.4 is 5.14 Å². The van der Waals surface area contributed by atoms with Crippen LogP contribution in [0.15, 0.2) is 41.3 Å². The molecular weight excluding hydrogens is 234 g/mol. The fourth-order valence-electron chi connectivity index (χ4n) is 1.40. The van der Waals surface area contributed by atoms with Crippen LogP contribution in [0.2, 0.25) is 5.02 Å². The van der Waals surface area contributed by atoms with Gasteiger partial charge in [-0.1, -0.05) is 29.8 Å². The standard InChI is InChI=1S/C10H8ClNO2S/c11-10-3-1-2-7-6-8(15(12,13)14)4-5-9(7)10/h1-6H,(H2,12,13,14). The molecule has 15 heavy (non-hydrogen) atoms. The number of sulfonamides is 1. The third kappa shape index (κ3) is 1.97. The van der Waals surface area contributed by atoms with Crippen LogP contribution in [0.5, 0.6) is 0 Å². The Balaban J connectivity index is 2.79. The van der Waals surface area contributed by atoms with E-state index in [-0.39, 0.29) is 4.90 Å². The lowest BCUT2D eigenvalue weighted by molar-refractivity contribution is 0.598. The molecule has 0 aliphatic heterocycles. The summed E-state index contributed by atoms with van der Waals surface area (Å²) in [6.07, 6.45) is 0. The maximum atomic E-state index is 11.1. The summed E-state index contributed by atoms with van der Waals surface area (Å²) in [5.41, 5.74) is 0. The van der Waals surface area contributed by atoms with Gasteiger partial charge < -0.3 is 0 Å². The SMILES string of the molecule is NS(=O)(=O)c1ccc2c(Cl)cccc2c1. The molecule has 2 N–H and O–H groups in total. The van der Waals surface area contributed by atoms with Crippen molar-refractivity contribution in [3.05, 3.63) is 41.4 Å². The van der Waals surface area contributed by atoms with E-state index >= 15 is 0 Å². The van der Waals surface area contributed by atoms with Crippen molar-refractivity contribution in [1.29, 1.82) is 0 Å². The van der Waals surface area contributed by atoms with Crippen molar-refractivity contribution in [2.45, 2.75) is 4.90 Å². The van der Waals surface area contributed by atoms with Gasteiger partial charge in [0.05, 0.1) is 4.90 Å². The second kappa shape index (κ2) is 3.48. The molecule has 0 unspecified atom stereocenters. The van der Waals surface area contributed by atoms with Crippen molar-refractivity contribution in [2.24, 2.45) is 5.14 Å². The second-order valence-corrected chi connectivity index (χ2v) is 5.14. The summed E-state index contributed by atoms with van der Waals surface area (Å²) >= 11 is 5.94. The Morgan fingerprint density at radius 1 is 1.13 bits per heavy atom. The molecule has 2 rings (SSSR count). The average molecular weight is 242 g/mol. The maximum Gasteiger partial charge on any atom is 0.238 e. The molecule has 0 aromatic heterocycles. The molecule has 0 atom stereocenters. The Labute approximate surface area is 92.5 Å². The fraction of sp³-hybridized carbons (Fsp3) is 0. The van der Waals surface area contributed by atoms with Crippen LogP contribution in [0.3, 0.4) is 0 Å². The number of hydrogen-bond acceptors (Lipinski definition) is 2. The highest BCUT2D eigenvalue weighted by molar-refractivity contribution is 7.89. The number of rotatable bonds is 1. The van der Waals surface area contributed by atoms with Crippen LogP contribution in [0, 0.1) is 0 Å². The fourth-order valence-corrected chi connectivity index (χ4v) is 2.19. The predicted molar refractivity (Wildman–Crippen MR) is 60.3 cm³/mol. The summed E-state index contributed by atoms with van der Waals surface area (Å²) < 4.78 is 22.2. The normalized spacial score (nSPS) is 11.9. The number of nitrogens with two attached hydrogens (primary N) is 1. The van der Waals surface area contributed by atoms with Crippen molar-refractivity contribution in [1.82, 2.24) is 0 Å². The first-order valence-corrected chi connectivity index (χ1v) is 6.12. The molecule has 0 heterocycles. The van der Waals surface area contributed by atoms with Crippen molar-refractivity contribution < 1.29 is 8.42 Å². The van der Waals surface area contributed by atoms with Crippen molar-refractivity contribution >= 4 is 32.4 Å². The molecule has 5 heteroatoms. The van der Waals surface area contributed by atoms with Gasteiger partial charge in [-0.25, -0.2) is 13.6 Å². The molecule has 2 aromatic carbocycles. The van der Waals surface area contributed by atoms with Crippen LogP contribution in [-0.2, 0) is 10.0 Å². The van der Waals surface area contributed by atoms with Gasteiger partial charge in [0, 0.05) is 10.4 Å². The number of benzene rings is 2. The van der Waals surface area contributed by atoms with E-state index in [4.69, 9.17) is 16.7 Å². The smallest absolute Gasteiger partial charge is 0.225 e. The van der Waals surface area contributed by atoms with Gasteiger partial charge in [0.1, 0.15) is 0 Å². The topological polar surface area (TPSA) is 60.2 Å². The van der Waals surface area contributed by atoms with E-state index in [9.17, 15) is 8.42 Å². The van der Waals surface area contributed by atoms with Crippen LogP contribution in [0.25, 0.3) is 10.8 Å². The maximum absolute atomic E-state index is 11.1. The third-order valence-corrected chi connectivity index (χ3v) is 3.37. The lowest BCUT2D eigenvalue weighted by Gasteiger charge is -2.02. The first-order chi connectivity index (χ1) is 6.98. The highest BCUT2D eigenvalue weighted by Gasteiger charge is 2.08. The van der Waals surface area contributed by atoms with E-state index in [0.717, 1.165) is 10.8 Å². The zero-order valence-corrected chi connectivity index (χ0v) is 9.22. The molecule has 0 aliphatic carbocycles. The van der Waals surface area contributed by atoms with Crippen LogP contribution in [-0.4, -0.2) is 8.42 Å². The Morgan fingerprint density at radius 2 is 1.87 bits per heavy atom. The average Bonchev–Trinajstić information content (AvgIpc) is 2.16. The Hall–Kier alpha value is -1.10. The quantitative estimate of drug-likeness (QED) is 0.832. The largest absolute Gasteiger partial charge is 0.238 e. The monoisotopic (exact) mass is 241 g/mol. The molecule has 0 saturated heterocycles. The van der Waals surface area contributed by atoms with Crippen molar-refractivity contribution in [3.63, 3.8) is 0 Å². The molecular formula is C10H8ClNO2S. The van der Waals surface area contributed by atoms with E-state index in [1.165, 1.54) is 12.1 Å². The van der Waals surface area contributed by atoms with E-state index in [0.29, 0.717) is 5.02 Å². The predicted octanol–water partition coefficient (Wildman–Crippen LogP) is 2.14. The molecule has 0 amide bonds. The molecule has 0 bridgehead atoms. The van der Waals surface area contributed by atoms with Crippen LogP contribution >= 0.6 is 11.6 Å². The highest BCUT2D eigenvalue weighted by atomic mass is 35.5. The molecule has 0 aliphatic rings. The summed E-state index contributed by atoms with van der Waals surface area (Å²) in [7, 11) is -3.65. The molecule has 0 spiro atoms. The molecule has 0 fully saturated rings. The minimum atomic E-state index is -3.65. The molecule has 78 valence electrons. The van der Waals surface area contributed by atoms with E-state index < -0.39 is 10.0 Å². The zero-order chi connectivity index (χ0) is 11.1. The molecule has 0 radical (unpaired) electrons. The molecule has 0 saturated carbocycles. The number of hydrogen-bond donors (Lipinski definition) is 1. The lowest BCUT2D eigenvalue weighted by Crippen LogP contribution is -2.11. The van der Waals surface area contributed by atoms with Gasteiger partial charge >= 0.3 is 0 Å². The van der Waals surface area contributed by atoms with Gasteiger partial charge in [-0.05, 0) is 23.6 Å². The zero-order valence-electron chi connectivity index (χ0n) is 7.64. The first kappa shape index (κ1) is 10.4. The second-order valence-electron chi connectivity index (χ2n) is 3.17. The van der Waals surface area contributed by atoms with Crippen LogP contribution in [0.4, 0.5) is 0 Å². The van der Waals surface area contributed by atoms with E-state index in [1.807, 2.05) is 0 Å². The highest BCUT2D eigenvalue weighted by Crippen LogP contribution is 2.25. The van der Waals surface area contributed by atoms with Crippen molar-refractivity contribution in [3.8, 4) is 0 Å². The lowest BCUT2D eigenvalue weighted by atomic mass is 10.1. The van der Waals surface area contributed by atoms with Gasteiger partial charge in [0.2, 0.25) is 10.0 Å². The van der Waals surface area contributed by atoms with Gasteiger partial charge in [-0.2, -0.15) is 0 Å². The first-order valence-electron chi connectivity index (χ1n) is 4.19. The Morgan fingerprint density at radius 3 is 2.53 bits per heavy atom. The summed E-state index contributed by atoms with van der Waals surface area (Å²) in [5.74, 6) is 0. The molecule has 3 nitrogen and oxygen atoms in total. The van der Waals surface area contributed by atoms with Gasteiger partial charge in [0.25, 0.3) is 0 Å².